The molecule has 116 valence electrons. The summed E-state index contributed by atoms with van der Waals surface area (Å²) in [5.41, 5.74) is 3.20. The number of H-pyrrole nitrogens is 1. The molecule has 4 rings (SSSR count). The molecule has 5 nitrogen and oxygen atoms in total. The number of nitrogens with zero attached hydrogens (tertiary/aromatic N) is 4. The summed E-state index contributed by atoms with van der Waals surface area (Å²) in [6, 6.07) is 3.30. The van der Waals surface area contributed by atoms with Crippen LogP contribution in [0.3, 0.4) is 0 Å². The summed E-state index contributed by atoms with van der Waals surface area (Å²) in [6.07, 6.45) is 6.24. The molecule has 1 fully saturated rings. The van der Waals surface area contributed by atoms with Gasteiger partial charge in [0.1, 0.15) is 17.0 Å². The summed E-state index contributed by atoms with van der Waals surface area (Å²) >= 11 is 0. The molecule has 5 heteroatoms. The first-order valence-corrected chi connectivity index (χ1v) is 8.20. The van der Waals surface area contributed by atoms with Gasteiger partial charge in [-0.1, -0.05) is 0 Å². The maximum atomic E-state index is 4.75. The predicted molar refractivity (Wildman–Crippen MR) is 89.1 cm³/mol. The number of rotatable bonds is 2. The van der Waals surface area contributed by atoms with Gasteiger partial charge in [-0.15, -0.1) is 0 Å². The lowest BCUT2D eigenvalue weighted by atomic mass is 10.0. The van der Waals surface area contributed by atoms with Crippen molar-refractivity contribution in [2.24, 2.45) is 0 Å². The van der Waals surface area contributed by atoms with Crippen molar-refractivity contribution in [3.63, 3.8) is 0 Å². The van der Waals surface area contributed by atoms with Crippen LogP contribution >= 0.6 is 0 Å². The molecule has 0 saturated carbocycles. The molecule has 1 aliphatic rings. The Kier molecular flexibility index (Phi) is 3.18. The van der Waals surface area contributed by atoms with E-state index in [1.807, 2.05) is 12.4 Å². The number of aromatic amines is 1. The Hall–Kier alpha value is -1.88. The van der Waals surface area contributed by atoms with E-state index in [9.17, 15) is 0 Å². The standard InChI is InChI=1S/C17H23N5/c1-11(2)21-8-5-13(6-9-21)22-12(3)20-15-10-19-17-14(16(15)22)4-7-18-17/h4,7,10-11,13H,5-6,8-9H2,1-3H3,(H,18,19). The van der Waals surface area contributed by atoms with Gasteiger partial charge in [-0.05, 0) is 39.7 Å². The zero-order valence-electron chi connectivity index (χ0n) is 13.5. The minimum absolute atomic E-state index is 0.542. The largest absolute Gasteiger partial charge is 0.346 e. The Morgan fingerprint density at radius 1 is 1.27 bits per heavy atom. The lowest BCUT2D eigenvalue weighted by Gasteiger charge is -2.35. The van der Waals surface area contributed by atoms with Crippen LogP contribution in [0.5, 0.6) is 0 Å². The number of imidazole rings is 1. The first kappa shape index (κ1) is 13.8. The van der Waals surface area contributed by atoms with Crippen LogP contribution in [-0.2, 0) is 0 Å². The zero-order chi connectivity index (χ0) is 15.3. The molecule has 0 radical (unpaired) electrons. The molecule has 3 aromatic heterocycles. The van der Waals surface area contributed by atoms with E-state index >= 15 is 0 Å². The maximum absolute atomic E-state index is 4.75. The van der Waals surface area contributed by atoms with Crippen LogP contribution in [0.15, 0.2) is 18.5 Å². The Morgan fingerprint density at radius 2 is 2.05 bits per heavy atom. The van der Waals surface area contributed by atoms with Gasteiger partial charge in [0.15, 0.2) is 0 Å². The fourth-order valence-electron chi connectivity index (χ4n) is 3.82. The average Bonchev–Trinajstić information content (AvgIpc) is 3.10. The highest BCUT2D eigenvalue weighted by Gasteiger charge is 2.25. The molecular weight excluding hydrogens is 274 g/mol. The molecule has 0 spiro atoms. The predicted octanol–water partition coefficient (Wildman–Crippen LogP) is 3.27. The monoisotopic (exact) mass is 297 g/mol. The molecule has 0 aromatic carbocycles. The van der Waals surface area contributed by atoms with Crippen LogP contribution in [-0.4, -0.2) is 43.6 Å². The fraction of sp³-hybridized carbons (Fsp3) is 0.529. The third-order valence-corrected chi connectivity index (χ3v) is 5.01. The van der Waals surface area contributed by atoms with E-state index in [1.165, 1.54) is 36.8 Å². The number of pyridine rings is 1. The highest BCUT2D eigenvalue weighted by molar-refractivity contribution is 6.01. The minimum Gasteiger partial charge on any atom is -0.346 e. The zero-order valence-corrected chi connectivity index (χ0v) is 13.5. The Labute approximate surface area is 130 Å². The van der Waals surface area contributed by atoms with Crippen LogP contribution in [0.4, 0.5) is 0 Å². The Balaban J connectivity index is 1.78. The lowest BCUT2D eigenvalue weighted by molar-refractivity contribution is 0.152. The van der Waals surface area contributed by atoms with Gasteiger partial charge >= 0.3 is 0 Å². The Bertz CT molecular complexity index is 805. The molecule has 0 aliphatic carbocycles. The molecule has 1 saturated heterocycles. The van der Waals surface area contributed by atoms with Gasteiger partial charge in [0.2, 0.25) is 0 Å². The second-order valence-corrected chi connectivity index (χ2v) is 6.62. The number of likely N-dealkylation sites (tertiary alicyclic amines) is 1. The third-order valence-electron chi connectivity index (χ3n) is 5.01. The van der Waals surface area contributed by atoms with Gasteiger partial charge in [0.05, 0.1) is 11.7 Å². The number of fused-ring (bicyclic) bond motifs is 3. The molecular formula is C17H23N5. The minimum atomic E-state index is 0.542. The number of aryl methyl sites for hydroxylation is 1. The van der Waals surface area contributed by atoms with Crippen molar-refractivity contribution >= 4 is 22.1 Å². The first-order valence-electron chi connectivity index (χ1n) is 8.20. The molecule has 1 N–H and O–H groups in total. The number of piperidine rings is 1. The van der Waals surface area contributed by atoms with E-state index in [-0.39, 0.29) is 0 Å². The molecule has 0 bridgehead atoms. The third kappa shape index (κ3) is 2.03. The van der Waals surface area contributed by atoms with Crippen molar-refractivity contribution in [2.75, 3.05) is 13.1 Å². The van der Waals surface area contributed by atoms with E-state index in [0.717, 1.165) is 17.0 Å². The van der Waals surface area contributed by atoms with Crippen molar-refractivity contribution in [3.8, 4) is 0 Å². The lowest BCUT2D eigenvalue weighted by Crippen LogP contribution is -2.39. The van der Waals surface area contributed by atoms with E-state index in [2.05, 4.69) is 46.3 Å². The molecule has 3 aromatic rings. The first-order chi connectivity index (χ1) is 10.6. The molecule has 0 unspecified atom stereocenters. The highest BCUT2D eigenvalue weighted by atomic mass is 15.2. The van der Waals surface area contributed by atoms with Crippen LogP contribution in [0.25, 0.3) is 22.1 Å². The van der Waals surface area contributed by atoms with Crippen LogP contribution in [0, 0.1) is 6.92 Å². The van der Waals surface area contributed by atoms with Gasteiger partial charge < -0.3 is 14.5 Å². The highest BCUT2D eigenvalue weighted by Crippen LogP contribution is 2.32. The average molecular weight is 297 g/mol. The number of hydrogen-bond acceptors (Lipinski definition) is 3. The number of nitrogens with one attached hydrogen (secondary N) is 1. The smallest absolute Gasteiger partial charge is 0.139 e. The van der Waals surface area contributed by atoms with Crippen LogP contribution < -0.4 is 0 Å². The molecule has 0 amide bonds. The van der Waals surface area contributed by atoms with Crippen molar-refractivity contribution < 1.29 is 0 Å². The second-order valence-electron chi connectivity index (χ2n) is 6.62. The fourth-order valence-corrected chi connectivity index (χ4v) is 3.82. The van der Waals surface area contributed by atoms with Crippen molar-refractivity contribution in [1.82, 2.24) is 24.4 Å². The summed E-state index contributed by atoms with van der Waals surface area (Å²) in [5.74, 6) is 1.11. The summed E-state index contributed by atoms with van der Waals surface area (Å²) in [7, 11) is 0. The molecule has 4 heterocycles. The van der Waals surface area contributed by atoms with Gasteiger partial charge in [-0.2, -0.15) is 0 Å². The maximum Gasteiger partial charge on any atom is 0.139 e. The van der Waals surface area contributed by atoms with Gasteiger partial charge in [0.25, 0.3) is 0 Å². The van der Waals surface area contributed by atoms with Crippen LogP contribution in [0.2, 0.25) is 0 Å². The second kappa shape index (κ2) is 5.09. The summed E-state index contributed by atoms with van der Waals surface area (Å²) in [5, 5.41) is 1.18. The topological polar surface area (TPSA) is 49.7 Å². The molecule has 0 atom stereocenters. The quantitative estimate of drug-likeness (QED) is 0.790. The van der Waals surface area contributed by atoms with Crippen molar-refractivity contribution in [1.29, 1.82) is 0 Å². The SMILES string of the molecule is Cc1nc2cnc3[nH]ccc3c2n1C1CCN(C(C)C)CC1. The van der Waals surface area contributed by atoms with Crippen molar-refractivity contribution in [3.05, 3.63) is 24.3 Å². The van der Waals surface area contributed by atoms with E-state index in [4.69, 9.17) is 4.98 Å². The Morgan fingerprint density at radius 3 is 2.77 bits per heavy atom. The van der Waals surface area contributed by atoms with Crippen LogP contribution in [0.1, 0.15) is 38.6 Å². The molecule has 22 heavy (non-hydrogen) atoms. The summed E-state index contributed by atoms with van der Waals surface area (Å²) in [4.78, 5) is 15.0. The van der Waals surface area contributed by atoms with E-state index in [1.54, 1.807) is 0 Å². The molecule has 1 aliphatic heterocycles. The van der Waals surface area contributed by atoms with Gasteiger partial charge in [-0.3, -0.25) is 0 Å². The number of aromatic nitrogens is 4. The normalized spacial score (nSPS) is 18.0. The summed E-state index contributed by atoms with van der Waals surface area (Å²) < 4.78 is 2.45. The van der Waals surface area contributed by atoms with Crippen molar-refractivity contribution in [2.45, 2.75) is 45.7 Å². The van der Waals surface area contributed by atoms with Gasteiger partial charge in [-0.25, -0.2) is 9.97 Å². The number of hydrogen-bond donors (Lipinski definition) is 1. The van der Waals surface area contributed by atoms with E-state index < -0.39 is 0 Å². The van der Waals surface area contributed by atoms with Gasteiger partial charge in [0, 0.05) is 36.8 Å². The van der Waals surface area contributed by atoms with E-state index in [0.29, 0.717) is 12.1 Å². The summed E-state index contributed by atoms with van der Waals surface area (Å²) in [6.45, 7) is 9.03.